The molecule has 7 nitrogen and oxygen atoms in total. The number of carbonyl (C=O) groups is 2. The lowest BCUT2D eigenvalue weighted by Crippen LogP contribution is -2.24. The molecule has 3 heterocycles. The lowest BCUT2D eigenvalue weighted by Gasteiger charge is -2.23. The summed E-state index contributed by atoms with van der Waals surface area (Å²) in [5.74, 6) is -0.0476. The molecule has 170 valence electrons. The maximum absolute atomic E-state index is 12.6. The molecule has 1 amide bonds. The average molecular weight is 482 g/mol. The summed E-state index contributed by atoms with van der Waals surface area (Å²) in [5, 5.41) is 2.95. The molecular weight excluding hydrogens is 458 g/mol. The van der Waals surface area contributed by atoms with Gasteiger partial charge in [-0.3, -0.25) is 9.69 Å². The van der Waals surface area contributed by atoms with Gasteiger partial charge in [0.2, 0.25) is 5.91 Å². The maximum atomic E-state index is 12.6. The number of hydrogen-bond acceptors (Lipinski definition) is 8. The molecular formula is C24H23N3O4S2. The van der Waals surface area contributed by atoms with E-state index in [0.29, 0.717) is 21.6 Å². The van der Waals surface area contributed by atoms with E-state index in [4.69, 9.17) is 9.15 Å². The van der Waals surface area contributed by atoms with Crippen molar-refractivity contribution in [3.8, 4) is 10.8 Å². The minimum atomic E-state index is -0.523. The summed E-state index contributed by atoms with van der Waals surface area (Å²) >= 11 is 2.70. The quantitative estimate of drug-likeness (QED) is 0.308. The third kappa shape index (κ3) is 4.74. The van der Waals surface area contributed by atoms with Crippen molar-refractivity contribution < 1.29 is 18.7 Å². The van der Waals surface area contributed by atoms with Crippen LogP contribution in [0.5, 0.6) is 0 Å². The summed E-state index contributed by atoms with van der Waals surface area (Å²) in [6, 6.07) is 7.65. The lowest BCUT2D eigenvalue weighted by molar-refractivity contribution is -0.115. The van der Waals surface area contributed by atoms with Gasteiger partial charge in [0, 0.05) is 17.2 Å². The van der Waals surface area contributed by atoms with Crippen LogP contribution in [-0.4, -0.2) is 21.8 Å². The Morgan fingerprint density at radius 2 is 1.85 bits per heavy atom. The van der Waals surface area contributed by atoms with E-state index in [0.717, 1.165) is 27.3 Å². The van der Waals surface area contributed by atoms with Gasteiger partial charge in [-0.15, -0.1) is 22.7 Å². The fraction of sp³-hybridized carbons (Fsp3) is 0.250. The third-order valence-electron chi connectivity index (χ3n) is 4.98. The van der Waals surface area contributed by atoms with Crippen molar-refractivity contribution in [1.29, 1.82) is 0 Å². The van der Waals surface area contributed by atoms with Crippen LogP contribution < -0.4 is 4.90 Å². The minimum absolute atomic E-state index is 0.0139. The van der Waals surface area contributed by atoms with Crippen LogP contribution in [0.15, 0.2) is 40.3 Å². The van der Waals surface area contributed by atoms with E-state index in [1.165, 1.54) is 29.6 Å². The largest absolute Gasteiger partial charge is 0.462 e. The molecule has 0 atom stereocenters. The molecule has 33 heavy (non-hydrogen) atoms. The summed E-state index contributed by atoms with van der Waals surface area (Å²) in [7, 11) is 0. The molecule has 4 aromatic rings. The highest BCUT2D eigenvalue weighted by Crippen LogP contribution is 2.35. The number of benzene rings is 1. The van der Waals surface area contributed by atoms with Crippen molar-refractivity contribution in [3.63, 3.8) is 0 Å². The van der Waals surface area contributed by atoms with E-state index in [1.54, 1.807) is 28.7 Å². The summed E-state index contributed by atoms with van der Waals surface area (Å²) in [6.07, 6.45) is 1.56. The fourth-order valence-electron chi connectivity index (χ4n) is 3.68. The number of ether oxygens (including phenoxy) is 1. The van der Waals surface area contributed by atoms with E-state index in [2.05, 4.69) is 9.97 Å². The highest BCUT2D eigenvalue weighted by atomic mass is 32.1. The van der Waals surface area contributed by atoms with Gasteiger partial charge >= 0.3 is 5.97 Å². The second kappa shape index (κ2) is 9.29. The number of hydrogen-bond donors (Lipinski definition) is 0. The number of amides is 1. The van der Waals surface area contributed by atoms with Crippen molar-refractivity contribution >= 4 is 45.4 Å². The Morgan fingerprint density at radius 1 is 1.12 bits per heavy atom. The second-order valence-corrected chi connectivity index (χ2v) is 9.74. The van der Waals surface area contributed by atoms with Gasteiger partial charge in [0.15, 0.2) is 21.6 Å². The lowest BCUT2D eigenvalue weighted by atomic mass is 10.0. The molecule has 0 aliphatic carbocycles. The molecule has 0 spiro atoms. The molecule has 0 aliphatic heterocycles. The van der Waals surface area contributed by atoms with Gasteiger partial charge in [-0.1, -0.05) is 17.7 Å². The van der Waals surface area contributed by atoms with Crippen LogP contribution in [0, 0.1) is 27.7 Å². The van der Waals surface area contributed by atoms with Gasteiger partial charge in [-0.2, -0.15) is 0 Å². The van der Waals surface area contributed by atoms with E-state index in [1.807, 2.05) is 39.8 Å². The fourth-order valence-corrected chi connectivity index (χ4v) is 5.40. The molecule has 9 heteroatoms. The molecule has 0 N–H and O–H groups in total. The highest BCUT2D eigenvalue weighted by molar-refractivity contribution is 7.15. The Balaban J connectivity index is 1.51. The topological polar surface area (TPSA) is 85.5 Å². The van der Waals surface area contributed by atoms with Gasteiger partial charge in [0.05, 0.1) is 17.6 Å². The number of thiazole rings is 2. The van der Waals surface area contributed by atoms with E-state index in [9.17, 15) is 9.59 Å². The zero-order valence-corrected chi connectivity index (χ0v) is 20.6. The number of aryl methyl sites for hydroxylation is 4. The molecule has 0 saturated carbocycles. The molecule has 3 aromatic heterocycles. The van der Waals surface area contributed by atoms with E-state index >= 15 is 0 Å². The zero-order chi connectivity index (χ0) is 23.7. The number of rotatable bonds is 6. The summed E-state index contributed by atoms with van der Waals surface area (Å²) in [5.41, 5.74) is 4.79. The van der Waals surface area contributed by atoms with Crippen LogP contribution >= 0.6 is 22.7 Å². The first-order valence-corrected chi connectivity index (χ1v) is 12.0. The first-order valence-electron chi connectivity index (χ1n) is 10.3. The van der Waals surface area contributed by atoms with Crippen molar-refractivity contribution in [2.45, 2.75) is 41.2 Å². The van der Waals surface area contributed by atoms with Crippen LogP contribution in [0.3, 0.4) is 0 Å². The smallest absolute Gasteiger partial charge is 0.358 e. The molecule has 0 bridgehead atoms. The predicted molar refractivity (Wildman–Crippen MR) is 129 cm³/mol. The average Bonchev–Trinajstić information content (AvgIpc) is 3.49. The van der Waals surface area contributed by atoms with Gasteiger partial charge in [-0.25, -0.2) is 14.8 Å². The Bertz CT molecular complexity index is 1300. The zero-order valence-electron chi connectivity index (χ0n) is 19.0. The number of aromatic nitrogens is 2. The highest BCUT2D eigenvalue weighted by Gasteiger charge is 2.23. The first-order chi connectivity index (χ1) is 15.7. The molecule has 0 radical (unpaired) electrons. The Morgan fingerprint density at radius 3 is 2.48 bits per heavy atom. The molecule has 0 fully saturated rings. The number of carbonyl (C=O) groups excluding carboxylic acids is 2. The normalized spacial score (nSPS) is 10.9. The summed E-state index contributed by atoms with van der Waals surface area (Å²) < 4.78 is 10.8. The van der Waals surface area contributed by atoms with E-state index in [-0.39, 0.29) is 18.2 Å². The monoisotopic (exact) mass is 481 g/mol. The van der Waals surface area contributed by atoms with Crippen LogP contribution in [0.25, 0.3) is 10.8 Å². The van der Waals surface area contributed by atoms with Gasteiger partial charge in [-0.05, 0) is 51.0 Å². The van der Waals surface area contributed by atoms with Gasteiger partial charge < -0.3 is 9.15 Å². The van der Waals surface area contributed by atoms with Crippen molar-refractivity contribution in [2.75, 3.05) is 4.90 Å². The van der Waals surface area contributed by atoms with Crippen LogP contribution in [0.2, 0.25) is 0 Å². The Kier molecular flexibility index (Phi) is 6.44. The maximum Gasteiger partial charge on any atom is 0.358 e. The van der Waals surface area contributed by atoms with Crippen LogP contribution in [0.1, 0.15) is 44.7 Å². The molecule has 0 aliphatic rings. The summed E-state index contributed by atoms with van der Waals surface area (Å²) in [4.78, 5) is 36.4. The second-order valence-electron chi connectivity index (χ2n) is 7.70. The molecule has 0 unspecified atom stereocenters. The van der Waals surface area contributed by atoms with Crippen molar-refractivity contribution in [3.05, 3.63) is 68.9 Å². The Labute approximate surface area is 199 Å². The number of nitrogens with zero attached hydrogens (tertiary/aromatic N) is 3. The standard InChI is InChI=1S/C24H23N3O4S2/c1-13-9-14(2)21(15(3)10-13)27(17(5)28)24-25-18(12-32-24)11-31-23(29)20-16(4)33-22(26-20)19-7-6-8-30-19/h6-10,12H,11H2,1-5H3. The van der Waals surface area contributed by atoms with Crippen LogP contribution in [-0.2, 0) is 16.1 Å². The summed E-state index contributed by atoms with van der Waals surface area (Å²) in [6.45, 7) is 9.31. The molecule has 1 aromatic carbocycles. The third-order valence-corrected chi connectivity index (χ3v) is 6.84. The van der Waals surface area contributed by atoms with Gasteiger partial charge in [0.25, 0.3) is 0 Å². The van der Waals surface area contributed by atoms with E-state index < -0.39 is 5.97 Å². The first kappa shape index (κ1) is 22.9. The number of furan rings is 1. The molecule has 4 rings (SSSR count). The van der Waals surface area contributed by atoms with Crippen molar-refractivity contribution in [1.82, 2.24) is 9.97 Å². The van der Waals surface area contributed by atoms with Crippen LogP contribution in [0.4, 0.5) is 10.8 Å². The number of esters is 1. The molecule has 0 saturated heterocycles. The van der Waals surface area contributed by atoms with Crippen molar-refractivity contribution in [2.24, 2.45) is 0 Å². The number of anilines is 2. The Hall–Kier alpha value is -3.30. The predicted octanol–water partition coefficient (Wildman–Crippen LogP) is 6.13. The van der Waals surface area contributed by atoms with Gasteiger partial charge in [0.1, 0.15) is 6.61 Å². The minimum Gasteiger partial charge on any atom is -0.462 e. The SMILES string of the molecule is CC(=O)N(c1nc(COC(=O)c2nc(-c3ccco3)sc2C)cs1)c1c(C)cc(C)cc1C.